The highest BCUT2D eigenvalue weighted by Gasteiger charge is 2.30. The van der Waals surface area contributed by atoms with Crippen LogP contribution in [0.1, 0.15) is 36.8 Å². The lowest BCUT2D eigenvalue weighted by Gasteiger charge is -2.26. The predicted octanol–water partition coefficient (Wildman–Crippen LogP) is 4.96. The van der Waals surface area contributed by atoms with Gasteiger partial charge in [0.1, 0.15) is 0 Å². The molecule has 0 unspecified atom stereocenters. The molecule has 1 aliphatic rings. The van der Waals surface area contributed by atoms with E-state index in [9.17, 15) is 18.3 Å². The van der Waals surface area contributed by atoms with Crippen LogP contribution in [0, 0.1) is 0 Å². The lowest BCUT2D eigenvalue weighted by atomic mass is 9.93. The van der Waals surface area contributed by atoms with Gasteiger partial charge in [-0.3, -0.25) is 0 Å². The Morgan fingerprint density at radius 2 is 1.55 bits per heavy atom. The topological polar surface area (TPSA) is 95.0 Å². The number of aromatic nitrogens is 3. The van der Waals surface area contributed by atoms with Crippen LogP contribution < -0.4 is 16.0 Å². The van der Waals surface area contributed by atoms with Crippen molar-refractivity contribution >= 4 is 23.5 Å². The van der Waals surface area contributed by atoms with Crippen molar-refractivity contribution in [3.8, 4) is 0 Å². The number of rotatable bonds is 7. The first-order valence-corrected chi connectivity index (χ1v) is 10.8. The molecule has 0 amide bonds. The SMILES string of the molecule is OC1CCC(Nc2nc(NCc3cccc(C(F)(F)F)c3)nc(Nc3ccccc3)n2)CC1. The molecule has 4 rings (SSSR count). The number of benzene rings is 2. The quantitative estimate of drug-likeness (QED) is 0.397. The fraction of sp³-hybridized carbons (Fsp3) is 0.348. The van der Waals surface area contributed by atoms with Crippen molar-refractivity contribution in [2.24, 2.45) is 0 Å². The van der Waals surface area contributed by atoms with E-state index in [2.05, 4.69) is 30.9 Å². The number of alkyl halides is 3. The largest absolute Gasteiger partial charge is 0.416 e. The molecule has 0 aliphatic heterocycles. The van der Waals surface area contributed by atoms with E-state index < -0.39 is 11.7 Å². The third kappa shape index (κ3) is 6.55. The molecular formula is C23H25F3N6O. The van der Waals surface area contributed by atoms with Crippen molar-refractivity contribution in [1.82, 2.24) is 15.0 Å². The number of nitrogens with zero attached hydrogens (tertiary/aromatic N) is 3. The van der Waals surface area contributed by atoms with Gasteiger partial charge in [-0.2, -0.15) is 28.1 Å². The second-order valence-electron chi connectivity index (χ2n) is 8.00. The van der Waals surface area contributed by atoms with Crippen molar-refractivity contribution in [2.45, 2.75) is 50.6 Å². The Kier molecular flexibility index (Phi) is 6.93. The maximum Gasteiger partial charge on any atom is 0.416 e. The van der Waals surface area contributed by atoms with Crippen LogP contribution in [0.2, 0.25) is 0 Å². The number of aliphatic hydroxyl groups excluding tert-OH is 1. The van der Waals surface area contributed by atoms with Crippen molar-refractivity contribution in [3.05, 3.63) is 65.7 Å². The summed E-state index contributed by atoms with van der Waals surface area (Å²) in [6.07, 6.45) is -1.68. The van der Waals surface area contributed by atoms with E-state index in [-0.39, 0.29) is 24.6 Å². The highest BCUT2D eigenvalue weighted by Crippen LogP contribution is 2.29. The number of halogens is 3. The van der Waals surface area contributed by atoms with Crippen LogP contribution in [0.15, 0.2) is 54.6 Å². The summed E-state index contributed by atoms with van der Waals surface area (Å²) in [5, 5.41) is 19.2. The summed E-state index contributed by atoms with van der Waals surface area (Å²) in [4.78, 5) is 13.2. The molecule has 0 saturated heterocycles. The molecule has 33 heavy (non-hydrogen) atoms. The monoisotopic (exact) mass is 458 g/mol. The van der Waals surface area contributed by atoms with Gasteiger partial charge in [-0.25, -0.2) is 0 Å². The molecule has 2 aromatic carbocycles. The van der Waals surface area contributed by atoms with Gasteiger partial charge in [0.15, 0.2) is 0 Å². The van der Waals surface area contributed by atoms with Crippen LogP contribution in [0.3, 0.4) is 0 Å². The average Bonchev–Trinajstić information content (AvgIpc) is 2.79. The van der Waals surface area contributed by atoms with Crippen LogP contribution in [-0.4, -0.2) is 32.2 Å². The van der Waals surface area contributed by atoms with Gasteiger partial charge >= 0.3 is 6.18 Å². The van der Waals surface area contributed by atoms with Crippen LogP contribution in [0.5, 0.6) is 0 Å². The molecule has 1 aromatic heterocycles. The van der Waals surface area contributed by atoms with Crippen LogP contribution >= 0.6 is 0 Å². The van der Waals surface area contributed by atoms with Crippen LogP contribution in [-0.2, 0) is 12.7 Å². The summed E-state index contributed by atoms with van der Waals surface area (Å²) >= 11 is 0. The molecule has 10 heteroatoms. The first-order valence-electron chi connectivity index (χ1n) is 10.8. The molecule has 1 saturated carbocycles. The maximum atomic E-state index is 13.0. The third-order valence-electron chi connectivity index (χ3n) is 5.40. The second kappa shape index (κ2) is 10.0. The van der Waals surface area contributed by atoms with Gasteiger partial charge in [-0.15, -0.1) is 0 Å². The van der Waals surface area contributed by atoms with E-state index in [4.69, 9.17) is 0 Å². The lowest BCUT2D eigenvalue weighted by molar-refractivity contribution is -0.137. The third-order valence-corrected chi connectivity index (χ3v) is 5.40. The molecule has 4 N–H and O–H groups in total. The van der Waals surface area contributed by atoms with Crippen molar-refractivity contribution in [1.29, 1.82) is 0 Å². The number of anilines is 4. The van der Waals surface area contributed by atoms with Gasteiger partial charge < -0.3 is 21.1 Å². The summed E-state index contributed by atoms with van der Waals surface area (Å²) in [5.41, 5.74) is 0.545. The zero-order chi connectivity index (χ0) is 23.3. The average molecular weight is 458 g/mol. The van der Waals surface area contributed by atoms with E-state index in [1.807, 2.05) is 30.3 Å². The lowest BCUT2D eigenvalue weighted by Crippen LogP contribution is -2.29. The summed E-state index contributed by atoms with van der Waals surface area (Å²) in [6, 6.07) is 14.6. The van der Waals surface area contributed by atoms with Crippen molar-refractivity contribution in [2.75, 3.05) is 16.0 Å². The van der Waals surface area contributed by atoms with E-state index in [0.29, 0.717) is 30.3 Å². The van der Waals surface area contributed by atoms with E-state index in [1.165, 1.54) is 6.07 Å². The fourth-order valence-corrected chi connectivity index (χ4v) is 3.67. The van der Waals surface area contributed by atoms with Gasteiger partial charge in [-0.05, 0) is 55.5 Å². The van der Waals surface area contributed by atoms with Crippen LogP contribution in [0.4, 0.5) is 36.7 Å². The van der Waals surface area contributed by atoms with Crippen molar-refractivity contribution < 1.29 is 18.3 Å². The normalized spacial score (nSPS) is 18.5. The summed E-state index contributed by atoms with van der Waals surface area (Å²) in [7, 11) is 0. The number of hydrogen-bond donors (Lipinski definition) is 4. The number of nitrogens with one attached hydrogen (secondary N) is 3. The molecule has 0 radical (unpaired) electrons. The Balaban J connectivity index is 1.52. The molecule has 1 fully saturated rings. The first kappa shape index (κ1) is 22.8. The molecular weight excluding hydrogens is 433 g/mol. The Morgan fingerprint density at radius 1 is 0.848 bits per heavy atom. The fourth-order valence-electron chi connectivity index (χ4n) is 3.67. The standard InChI is InChI=1S/C23H25F3N6O/c24-23(25,26)16-6-4-5-15(13-16)14-27-20-30-21(28-17-7-2-1-3-8-17)32-22(31-20)29-18-9-11-19(33)12-10-18/h1-8,13,18-19,33H,9-12,14H2,(H3,27,28,29,30,31,32). The highest BCUT2D eigenvalue weighted by atomic mass is 19.4. The molecule has 1 aliphatic carbocycles. The summed E-state index contributed by atoms with van der Waals surface area (Å²) in [6.45, 7) is 0.119. The Morgan fingerprint density at radius 3 is 2.27 bits per heavy atom. The Hall–Kier alpha value is -3.40. The minimum Gasteiger partial charge on any atom is -0.393 e. The maximum absolute atomic E-state index is 13.0. The van der Waals surface area contributed by atoms with Gasteiger partial charge in [-0.1, -0.05) is 30.3 Å². The van der Waals surface area contributed by atoms with E-state index in [1.54, 1.807) is 6.07 Å². The van der Waals surface area contributed by atoms with E-state index >= 15 is 0 Å². The number of hydrogen-bond acceptors (Lipinski definition) is 7. The number of aliphatic hydroxyl groups is 1. The molecule has 7 nitrogen and oxygen atoms in total. The molecule has 1 heterocycles. The number of para-hydroxylation sites is 1. The van der Waals surface area contributed by atoms with Gasteiger partial charge in [0, 0.05) is 18.3 Å². The van der Waals surface area contributed by atoms with Gasteiger partial charge in [0.2, 0.25) is 17.8 Å². The molecule has 174 valence electrons. The van der Waals surface area contributed by atoms with Gasteiger partial charge in [0.05, 0.1) is 11.7 Å². The smallest absolute Gasteiger partial charge is 0.393 e. The Labute approximate surface area is 189 Å². The highest BCUT2D eigenvalue weighted by molar-refractivity contribution is 5.55. The minimum atomic E-state index is -4.40. The van der Waals surface area contributed by atoms with Crippen molar-refractivity contribution in [3.63, 3.8) is 0 Å². The van der Waals surface area contributed by atoms with Gasteiger partial charge in [0.25, 0.3) is 0 Å². The van der Waals surface area contributed by atoms with Crippen LogP contribution in [0.25, 0.3) is 0 Å². The summed E-state index contributed by atoms with van der Waals surface area (Å²) < 4.78 is 39.0. The zero-order valence-electron chi connectivity index (χ0n) is 17.8. The molecule has 3 aromatic rings. The predicted molar refractivity (Wildman–Crippen MR) is 120 cm³/mol. The van der Waals surface area contributed by atoms with E-state index in [0.717, 1.165) is 30.7 Å². The Bertz CT molecular complexity index is 1060. The molecule has 0 atom stereocenters. The minimum absolute atomic E-state index is 0.119. The summed E-state index contributed by atoms with van der Waals surface area (Å²) in [5.74, 6) is 0.900. The first-order chi connectivity index (χ1) is 15.8. The molecule has 0 bridgehead atoms. The molecule has 0 spiro atoms. The second-order valence-corrected chi connectivity index (χ2v) is 8.00. The zero-order valence-corrected chi connectivity index (χ0v) is 17.8.